The summed E-state index contributed by atoms with van der Waals surface area (Å²) in [4.78, 5) is 0. The van der Waals surface area contributed by atoms with Crippen molar-refractivity contribution >= 4 is 0 Å². The molecule has 14 heavy (non-hydrogen) atoms. The highest BCUT2D eigenvalue weighted by molar-refractivity contribution is 5.27. The minimum absolute atomic E-state index is 0.284. The van der Waals surface area contributed by atoms with Crippen LogP contribution in [0, 0.1) is 5.92 Å². The van der Waals surface area contributed by atoms with Crippen LogP contribution in [-0.4, -0.2) is 12.7 Å². The third-order valence-electron chi connectivity index (χ3n) is 2.70. The Morgan fingerprint density at radius 2 is 2.07 bits per heavy atom. The molecule has 2 rings (SSSR count). The molecule has 2 unspecified atom stereocenters. The number of hydrogen-bond donors (Lipinski definition) is 1. The van der Waals surface area contributed by atoms with Crippen molar-refractivity contribution in [1.82, 2.24) is 0 Å². The zero-order valence-electron chi connectivity index (χ0n) is 7.75. The van der Waals surface area contributed by atoms with E-state index in [1.165, 1.54) is 5.57 Å². The molecule has 2 aliphatic carbocycles. The van der Waals surface area contributed by atoms with Gasteiger partial charge in [-0.25, -0.2) is 0 Å². The van der Waals surface area contributed by atoms with Crippen LogP contribution in [0.5, 0.6) is 0 Å². The molecule has 78 valence electrons. The van der Waals surface area contributed by atoms with Crippen LogP contribution in [0.25, 0.3) is 0 Å². The van der Waals surface area contributed by atoms with E-state index in [4.69, 9.17) is 5.73 Å². The summed E-state index contributed by atoms with van der Waals surface area (Å²) in [6.07, 6.45) is 5.91. The minimum atomic E-state index is -2.71. The van der Waals surface area contributed by atoms with Gasteiger partial charge in [-0.2, -0.15) is 8.78 Å². The standard InChI is InChI=1S/C10H13F2NO/c11-10(12)14-7-3-1-6(2-4-7)8-5-9(8)13/h1,3,8-10H,2,4-5,13H2. The van der Waals surface area contributed by atoms with E-state index >= 15 is 0 Å². The fourth-order valence-electron chi connectivity index (χ4n) is 1.80. The van der Waals surface area contributed by atoms with Gasteiger partial charge in [0.2, 0.25) is 0 Å². The predicted molar refractivity (Wildman–Crippen MR) is 48.6 cm³/mol. The lowest BCUT2D eigenvalue weighted by molar-refractivity contribution is -0.0985. The van der Waals surface area contributed by atoms with Crippen LogP contribution in [0.15, 0.2) is 23.5 Å². The molecule has 0 spiro atoms. The zero-order valence-corrected chi connectivity index (χ0v) is 7.75. The molecule has 1 saturated carbocycles. The van der Waals surface area contributed by atoms with E-state index < -0.39 is 6.61 Å². The highest BCUT2D eigenvalue weighted by Crippen LogP contribution is 2.39. The quantitative estimate of drug-likeness (QED) is 0.759. The van der Waals surface area contributed by atoms with Crippen molar-refractivity contribution in [2.75, 3.05) is 0 Å². The monoisotopic (exact) mass is 201 g/mol. The number of hydrogen-bond acceptors (Lipinski definition) is 2. The van der Waals surface area contributed by atoms with E-state index in [0.717, 1.165) is 12.8 Å². The molecule has 2 atom stereocenters. The molecule has 2 N–H and O–H groups in total. The van der Waals surface area contributed by atoms with Crippen molar-refractivity contribution in [1.29, 1.82) is 0 Å². The summed E-state index contributed by atoms with van der Waals surface area (Å²) < 4.78 is 28.0. The van der Waals surface area contributed by atoms with Crippen molar-refractivity contribution in [3.8, 4) is 0 Å². The molecule has 0 aromatic heterocycles. The fraction of sp³-hybridized carbons (Fsp3) is 0.600. The normalized spacial score (nSPS) is 31.1. The highest BCUT2D eigenvalue weighted by atomic mass is 19.3. The third kappa shape index (κ3) is 2.12. The van der Waals surface area contributed by atoms with Crippen LogP contribution < -0.4 is 5.73 Å². The number of rotatable bonds is 3. The summed E-state index contributed by atoms with van der Waals surface area (Å²) in [7, 11) is 0. The van der Waals surface area contributed by atoms with Crippen LogP contribution in [0.1, 0.15) is 19.3 Å². The van der Waals surface area contributed by atoms with E-state index in [1.54, 1.807) is 6.08 Å². The minimum Gasteiger partial charge on any atom is -0.439 e. The summed E-state index contributed by atoms with van der Waals surface area (Å²) in [5.74, 6) is 0.859. The maximum absolute atomic E-state index is 11.8. The number of ether oxygens (including phenoxy) is 1. The summed E-state index contributed by atoms with van der Waals surface area (Å²) in [6, 6.07) is 0.284. The third-order valence-corrected chi connectivity index (χ3v) is 2.70. The molecule has 2 aliphatic rings. The number of allylic oxidation sites excluding steroid dienone is 3. The average Bonchev–Trinajstić information content (AvgIpc) is 2.83. The van der Waals surface area contributed by atoms with Gasteiger partial charge in [-0.1, -0.05) is 11.6 Å². The van der Waals surface area contributed by atoms with Gasteiger partial charge in [0.25, 0.3) is 0 Å². The van der Waals surface area contributed by atoms with Gasteiger partial charge >= 0.3 is 6.61 Å². The van der Waals surface area contributed by atoms with E-state index in [2.05, 4.69) is 4.74 Å². The molecule has 0 radical (unpaired) electrons. The molecule has 0 aromatic carbocycles. The first-order chi connectivity index (χ1) is 6.66. The molecule has 0 saturated heterocycles. The van der Waals surface area contributed by atoms with Crippen molar-refractivity contribution in [2.24, 2.45) is 11.7 Å². The second-order valence-electron chi connectivity index (χ2n) is 3.76. The molecule has 0 bridgehead atoms. The van der Waals surface area contributed by atoms with Crippen molar-refractivity contribution < 1.29 is 13.5 Å². The second-order valence-corrected chi connectivity index (χ2v) is 3.76. The molecule has 0 heterocycles. The van der Waals surface area contributed by atoms with Gasteiger partial charge in [-0.15, -0.1) is 0 Å². The summed E-state index contributed by atoms with van der Waals surface area (Å²) in [6.45, 7) is -2.71. The Morgan fingerprint density at radius 3 is 2.50 bits per heavy atom. The molecule has 0 aromatic rings. The number of alkyl halides is 2. The maximum Gasteiger partial charge on any atom is 0.387 e. The molecule has 2 nitrogen and oxygen atoms in total. The predicted octanol–water partition coefficient (Wildman–Crippen LogP) is 2.18. The first kappa shape index (κ1) is 9.65. The van der Waals surface area contributed by atoms with Crippen LogP contribution in [0.4, 0.5) is 8.78 Å². The van der Waals surface area contributed by atoms with E-state index in [9.17, 15) is 8.78 Å². The first-order valence-corrected chi connectivity index (χ1v) is 4.77. The average molecular weight is 201 g/mol. The Bertz CT molecular complexity index is 286. The molecule has 0 amide bonds. The smallest absolute Gasteiger partial charge is 0.387 e. The van der Waals surface area contributed by atoms with Gasteiger partial charge in [-0.3, -0.25) is 0 Å². The van der Waals surface area contributed by atoms with Gasteiger partial charge in [0.1, 0.15) is 5.76 Å². The summed E-state index contributed by atoms with van der Waals surface area (Å²) in [5.41, 5.74) is 6.98. The Hall–Kier alpha value is -0.900. The molecular weight excluding hydrogens is 188 g/mol. The first-order valence-electron chi connectivity index (χ1n) is 4.77. The van der Waals surface area contributed by atoms with E-state index in [-0.39, 0.29) is 6.04 Å². The van der Waals surface area contributed by atoms with Crippen LogP contribution in [0.3, 0.4) is 0 Å². The maximum atomic E-state index is 11.8. The van der Waals surface area contributed by atoms with Crippen molar-refractivity contribution in [3.05, 3.63) is 23.5 Å². The van der Waals surface area contributed by atoms with Crippen molar-refractivity contribution in [3.63, 3.8) is 0 Å². The van der Waals surface area contributed by atoms with E-state index in [1.807, 2.05) is 6.08 Å². The van der Waals surface area contributed by atoms with Gasteiger partial charge < -0.3 is 10.5 Å². The highest BCUT2D eigenvalue weighted by Gasteiger charge is 2.36. The largest absolute Gasteiger partial charge is 0.439 e. The second kappa shape index (κ2) is 3.69. The van der Waals surface area contributed by atoms with Crippen molar-refractivity contribution in [2.45, 2.75) is 31.9 Å². The summed E-state index contributed by atoms with van der Waals surface area (Å²) >= 11 is 0. The lowest BCUT2D eigenvalue weighted by Crippen LogP contribution is -2.07. The Morgan fingerprint density at radius 1 is 1.36 bits per heavy atom. The molecular formula is C10H13F2NO. The SMILES string of the molecule is NC1CC1C1=CC=C(OC(F)F)CC1. The van der Waals surface area contributed by atoms with Gasteiger partial charge in [-0.05, 0) is 24.8 Å². The fourth-order valence-corrected chi connectivity index (χ4v) is 1.80. The Balaban J connectivity index is 1.93. The zero-order chi connectivity index (χ0) is 10.1. The van der Waals surface area contributed by atoms with Crippen LogP contribution in [-0.2, 0) is 4.74 Å². The molecule has 1 fully saturated rings. The van der Waals surface area contributed by atoms with Gasteiger partial charge in [0.05, 0.1) is 0 Å². The van der Waals surface area contributed by atoms with Crippen LogP contribution >= 0.6 is 0 Å². The Kier molecular flexibility index (Phi) is 2.54. The van der Waals surface area contributed by atoms with Gasteiger partial charge in [0.15, 0.2) is 0 Å². The van der Waals surface area contributed by atoms with Gasteiger partial charge in [0, 0.05) is 12.5 Å². The summed E-state index contributed by atoms with van der Waals surface area (Å²) in [5, 5.41) is 0. The Labute approximate surface area is 81.4 Å². The van der Waals surface area contributed by atoms with Crippen LogP contribution in [0.2, 0.25) is 0 Å². The van der Waals surface area contributed by atoms with E-state index in [0.29, 0.717) is 18.1 Å². The topological polar surface area (TPSA) is 35.2 Å². The molecule has 4 heteroatoms. The lowest BCUT2D eigenvalue weighted by Gasteiger charge is -2.14. The number of nitrogens with two attached hydrogens (primary N) is 1. The molecule has 0 aliphatic heterocycles. The lowest BCUT2D eigenvalue weighted by atomic mass is 9.99. The number of halogens is 2.